The van der Waals surface area contributed by atoms with Crippen molar-refractivity contribution in [2.24, 2.45) is 16.6 Å². The van der Waals surface area contributed by atoms with Crippen molar-refractivity contribution in [2.75, 3.05) is 26.3 Å². The first kappa shape index (κ1) is 15.7. The smallest absolute Gasteiger partial charge is 0.227 e. The van der Waals surface area contributed by atoms with E-state index in [9.17, 15) is 4.79 Å². The molecule has 1 saturated carbocycles. The Morgan fingerprint density at radius 3 is 2.33 bits per heavy atom. The van der Waals surface area contributed by atoms with Crippen LogP contribution >= 0.6 is 12.4 Å². The molecule has 0 radical (unpaired) electrons. The van der Waals surface area contributed by atoms with Crippen LogP contribution < -0.4 is 11.1 Å². The average molecular weight is 277 g/mol. The van der Waals surface area contributed by atoms with Crippen molar-refractivity contribution >= 4 is 18.3 Å². The first-order valence-corrected chi connectivity index (χ1v) is 6.73. The van der Waals surface area contributed by atoms with Crippen LogP contribution in [0.2, 0.25) is 0 Å². The molecule has 0 spiro atoms. The maximum atomic E-state index is 12.3. The van der Waals surface area contributed by atoms with Gasteiger partial charge in [-0.1, -0.05) is 6.92 Å². The van der Waals surface area contributed by atoms with E-state index in [0.717, 1.165) is 25.8 Å². The Hall–Kier alpha value is -0.320. The zero-order valence-corrected chi connectivity index (χ0v) is 12.0. The molecule has 18 heavy (non-hydrogen) atoms. The second kappa shape index (κ2) is 6.22. The molecule has 1 aliphatic heterocycles. The van der Waals surface area contributed by atoms with Gasteiger partial charge in [-0.3, -0.25) is 4.79 Å². The van der Waals surface area contributed by atoms with Crippen LogP contribution in [0.4, 0.5) is 0 Å². The van der Waals surface area contributed by atoms with Crippen molar-refractivity contribution in [3.63, 3.8) is 0 Å². The van der Waals surface area contributed by atoms with Crippen LogP contribution in [0.25, 0.3) is 0 Å². The Labute approximate surface area is 115 Å². The van der Waals surface area contributed by atoms with E-state index in [-0.39, 0.29) is 23.7 Å². The van der Waals surface area contributed by atoms with Gasteiger partial charge in [0.2, 0.25) is 5.91 Å². The van der Waals surface area contributed by atoms with E-state index in [1.165, 1.54) is 12.8 Å². The van der Waals surface area contributed by atoms with Crippen LogP contribution in [0, 0.1) is 10.8 Å². The lowest BCUT2D eigenvalue weighted by Crippen LogP contribution is -2.50. The minimum absolute atomic E-state index is 0. The SMILES string of the molecule is CCC1(CNC(=O)C2(CN)CCOCC2)CC1.Cl. The molecule has 2 fully saturated rings. The summed E-state index contributed by atoms with van der Waals surface area (Å²) in [6, 6.07) is 0. The quantitative estimate of drug-likeness (QED) is 0.799. The summed E-state index contributed by atoms with van der Waals surface area (Å²) in [6.45, 7) is 4.77. The summed E-state index contributed by atoms with van der Waals surface area (Å²) in [5.41, 5.74) is 5.84. The maximum Gasteiger partial charge on any atom is 0.227 e. The summed E-state index contributed by atoms with van der Waals surface area (Å²) >= 11 is 0. The molecule has 1 amide bonds. The number of rotatable bonds is 5. The van der Waals surface area contributed by atoms with Crippen molar-refractivity contribution in [3.05, 3.63) is 0 Å². The Kier molecular flexibility index (Phi) is 5.44. The van der Waals surface area contributed by atoms with Gasteiger partial charge in [0, 0.05) is 26.3 Å². The molecule has 1 heterocycles. The van der Waals surface area contributed by atoms with Crippen molar-refractivity contribution in [3.8, 4) is 0 Å². The first-order chi connectivity index (χ1) is 8.16. The van der Waals surface area contributed by atoms with Crippen LogP contribution in [0.1, 0.15) is 39.0 Å². The molecule has 0 bridgehead atoms. The van der Waals surface area contributed by atoms with Gasteiger partial charge < -0.3 is 15.8 Å². The predicted molar refractivity (Wildman–Crippen MR) is 73.8 cm³/mol. The molecule has 2 aliphatic rings. The first-order valence-electron chi connectivity index (χ1n) is 6.73. The minimum atomic E-state index is -0.373. The topological polar surface area (TPSA) is 64.4 Å². The average Bonchev–Trinajstić information content (AvgIpc) is 3.17. The van der Waals surface area contributed by atoms with Crippen LogP contribution in [0.3, 0.4) is 0 Å². The van der Waals surface area contributed by atoms with Gasteiger partial charge in [-0.05, 0) is 37.5 Å². The lowest BCUT2D eigenvalue weighted by Gasteiger charge is -2.35. The maximum absolute atomic E-state index is 12.3. The molecule has 0 aromatic rings. The van der Waals surface area contributed by atoms with Crippen molar-refractivity contribution in [1.29, 1.82) is 0 Å². The second-order valence-corrected chi connectivity index (χ2v) is 5.63. The Morgan fingerprint density at radius 2 is 1.89 bits per heavy atom. The van der Waals surface area contributed by atoms with Crippen LogP contribution in [0.5, 0.6) is 0 Å². The third-order valence-corrected chi connectivity index (χ3v) is 4.65. The second-order valence-electron chi connectivity index (χ2n) is 5.63. The number of hydrogen-bond donors (Lipinski definition) is 2. The Balaban J connectivity index is 0.00000162. The van der Waals surface area contributed by atoms with Crippen molar-refractivity contribution < 1.29 is 9.53 Å². The molecule has 106 valence electrons. The molecule has 0 atom stereocenters. The summed E-state index contributed by atoms with van der Waals surface area (Å²) in [7, 11) is 0. The number of carbonyl (C=O) groups excluding carboxylic acids is 1. The zero-order chi connectivity index (χ0) is 12.4. The molecule has 1 saturated heterocycles. The van der Waals surface area contributed by atoms with Gasteiger partial charge >= 0.3 is 0 Å². The fourth-order valence-corrected chi connectivity index (χ4v) is 2.57. The number of nitrogens with two attached hydrogens (primary N) is 1. The molecule has 3 N–H and O–H groups in total. The molecule has 5 heteroatoms. The van der Waals surface area contributed by atoms with Gasteiger partial charge in [-0.15, -0.1) is 12.4 Å². The number of halogens is 1. The van der Waals surface area contributed by atoms with Gasteiger partial charge in [0.25, 0.3) is 0 Å². The van der Waals surface area contributed by atoms with Crippen LogP contribution in [0.15, 0.2) is 0 Å². The predicted octanol–water partition coefficient (Wildman–Crippen LogP) is 1.47. The fourth-order valence-electron chi connectivity index (χ4n) is 2.57. The molecule has 0 unspecified atom stereocenters. The molecule has 2 rings (SSSR count). The van der Waals surface area contributed by atoms with E-state index < -0.39 is 0 Å². The third kappa shape index (κ3) is 3.16. The molecule has 1 aliphatic carbocycles. The van der Waals surface area contributed by atoms with Gasteiger partial charge in [-0.25, -0.2) is 0 Å². The highest BCUT2D eigenvalue weighted by Gasteiger charge is 2.43. The zero-order valence-electron chi connectivity index (χ0n) is 11.2. The fraction of sp³-hybridized carbons (Fsp3) is 0.923. The minimum Gasteiger partial charge on any atom is -0.381 e. The molecule has 0 aromatic carbocycles. The largest absolute Gasteiger partial charge is 0.381 e. The van der Waals surface area contributed by atoms with Crippen LogP contribution in [-0.4, -0.2) is 32.2 Å². The lowest BCUT2D eigenvalue weighted by atomic mass is 9.79. The number of ether oxygens (including phenoxy) is 1. The van der Waals surface area contributed by atoms with Gasteiger partial charge in [0.05, 0.1) is 5.41 Å². The van der Waals surface area contributed by atoms with Gasteiger partial charge in [-0.2, -0.15) is 0 Å². The number of amides is 1. The Bertz CT molecular complexity index is 287. The lowest BCUT2D eigenvalue weighted by molar-refractivity contribution is -0.136. The van der Waals surface area contributed by atoms with Crippen molar-refractivity contribution in [2.45, 2.75) is 39.0 Å². The third-order valence-electron chi connectivity index (χ3n) is 4.65. The van der Waals surface area contributed by atoms with E-state index in [1.54, 1.807) is 0 Å². The van der Waals surface area contributed by atoms with Crippen LogP contribution in [-0.2, 0) is 9.53 Å². The highest BCUT2D eigenvalue weighted by molar-refractivity contribution is 5.85. The highest BCUT2D eigenvalue weighted by atomic mass is 35.5. The normalized spacial score (nSPS) is 23.9. The summed E-state index contributed by atoms with van der Waals surface area (Å²) in [6.07, 6.45) is 5.18. The van der Waals surface area contributed by atoms with Gasteiger partial charge in [0.1, 0.15) is 0 Å². The van der Waals surface area contributed by atoms with Gasteiger partial charge in [0.15, 0.2) is 0 Å². The summed E-state index contributed by atoms with van der Waals surface area (Å²) in [4.78, 5) is 12.3. The van der Waals surface area contributed by atoms with E-state index in [0.29, 0.717) is 25.2 Å². The Morgan fingerprint density at radius 1 is 1.28 bits per heavy atom. The molecule has 0 aromatic heterocycles. The summed E-state index contributed by atoms with van der Waals surface area (Å²) in [5.74, 6) is 0.142. The monoisotopic (exact) mass is 276 g/mol. The molecular formula is C13H25ClN2O2. The summed E-state index contributed by atoms with van der Waals surface area (Å²) < 4.78 is 5.32. The van der Waals surface area contributed by atoms with E-state index in [1.807, 2.05) is 0 Å². The number of nitrogens with one attached hydrogen (secondary N) is 1. The van der Waals surface area contributed by atoms with E-state index in [4.69, 9.17) is 10.5 Å². The summed E-state index contributed by atoms with van der Waals surface area (Å²) in [5, 5.41) is 3.12. The number of hydrogen-bond acceptors (Lipinski definition) is 3. The highest BCUT2D eigenvalue weighted by Crippen LogP contribution is 2.48. The van der Waals surface area contributed by atoms with E-state index >= 15 is 0 Å². The molecule has 4 nitrogen and oxygen atoms in total. The van der Waals surface area contributed by atoms with Crippen molar-refractivity contribution in [1.82, 2.24) is 5.32 Å². The molecular weight excluding hydrogens is 252 g/mol. The number of carbonyl (C=O) groups is 1. The van der Waals surface area contributed by atoms with E-state index in [2.05, 4.69) is 12.2 Å². The standard InChI is InChI=1S/C13H24N2O2.ClH/c1-2-12(3-4-12)10-15-11(16)13(9-14)5-7-17-8-6-13;/h2-10,14H2,1H3,(H,15,16);1H.